The van der Waals surface area contributed by atoms with E-state index in [0.717, 1.165) is 6.54 Å². The molecule has 0 spiro atoms. The largest absolute Gasteiger partial charge is 0.310 e. The second-order valence-electron chi connectivity index (χ2n) is 6.20. The molecular weight excluding hydrogens is 210 g/mol. The lowest BCUT2D eigenvalue weighted by atomic mass is 9.85. The van der Waals surface area contributed by atoms with Crippen molar-refractivity contribution in [1.82, 2.24) is 15.1 Å². The molecule has 0 saturated heterocycles. The summed E-state index contributed by atoms with van der Waals surface area (Å²) in [6, 6.07) is 0.692. The van der Waals surface area contributed by atoms with Gasteiger partial charge in [0.25, 0.3) is 0 Å². The van der Waals surface area contributed by atoms with Gasteiger partial charge in [0.05, 0.1) is 6.20 Å². The molecule has 1 aromatic heterocycles. The molecule has 1 aromatic rings. The standard InChI is InChI=1S/C14H25N3/c1-14(2)7-4-5-13(6-8-14)15-9-12-10-16-17(3)11-12/h10-11,13,15H,4-9H2,1-3H3. The average molecular weight is 235 g/mol. The molecule has 1 aliphatic rings. The number of hydrogen-bond acceptors (Lipinski definition) is 2. The van der Waals surface area contributed by atoms with Crippen LogP contribution in [0.5, 0.6) is 0 Å². The van der Waals surface area contributed by atoms with Crippen LogP contribution in [0.2, 0.25) is 0 Å². The van der Waals surface area contributed by atoms with E-state index in [2.05, 4.69) is 30.5 Å². The Morgan fingerprint density at radius 2 is 2.24 bits per heavy atom. The SMILES string of the molecule is Cn1cc(CNC2CCCC(C)(C)CC2)cn1. The van der Waals surface area contributed by atoms with Crippen molar-refractivity contribution in [2.24, 2.45) is 12.5 Å². The summed E-state index contributed by atoms with van der Waals surface area (Å²) in [6.07, 6.45) is 10.8. The molecule has 1 N–H and O–H groups in total. The molecular formula is C14H25N3. The summed E-state index contributed by atoms with van der Waals surface area (Å²) in [4.78, 5) is 0. The van der Waals surface area contributed by atoms with Gasteiger partial charge in [0.15, 0.2) is 0 Å². The molecule has 0 amide bonds. The van der Waals surface area contributed by atoms with Crippen LogP contribution < -0.4 is 5.32 Å². The highest BCUT2D eigenvalue weighted by molar-refractivity contribution is 5.03. The Hall–Kier alpha value is -0.830. The van der Waals surface area contributed by atoms with E-state index in [4.69, 9.17) is 0 Å². The molecule has 3 nitrogen and oxygen atoms in total. The maximum atomic E-state index is 4.20. The van der Waals surface area contributed by atoms with Crippen molar-refractivity contribution in [3.63, 3.8) is 0 Å². The van der Waals surface area contributed by atoms with E-state index in [-0.39, 0.29) is 0 Å². The third kappa shape index (κ3) is 3.84. The lowest BCUT2D eigenvalue weighted by molar-refractivity contribution is 0.309. The highest BCUT2D eigenvalue weighted by Gasteiger charge is 2.23. The predicted octanol–water partition coefficient (Wildman–Crippen LogP) is 2.87. The second-order valence-corrected chi connectivity index (χ2v) is 6.20. The van der Waals surface area contributed by atoms with Gasteiger partial charge in [-0.1, -0.05) is 20.3 Å². The minimum absolute atomic E-state index is 0.546. The van der Waals surface area contributed by atoms with Gasteiger partial charge in [-0.15, -0.1) is 0 Å². The summed E-state index contributed by atoms with van der Waals surface area (Å²) in [5.74, 6) is 0. The quantitative estimate of drug-likeness (QED) is 0.816. The van der Waals surface area contributed by atoms with Crippen LogP contribution in [-0.4, -0.2) is 15.8 Å². The van der Waals surface area contributed by atoms with E-state index in [0.29, 0.717) is 11.5 Å². The van der Waals surface area contributed by atoms with Crippen LogP contribution in [0.1, 0.15) is 51.5 Å². The summed E-state index contributed by atoms with van der Waals surface area (Å²) >= 11 is 0. The van der Waals surface area contributed by atoms with Gasteiger partial charge in [-0.2, -0.15) is 5.10 Å². The lowest BCUT2D eigenvalue weighted by Crippen LogP contribution is -2.28. The number of aryl methyl sites for hydroxylation is 1. The molecule has 0 radical (unpaired) electrons. The van der Waals surface area contributed by atoms with Crippen LogP contribution >= 0.6 is 0 Å². The Labute approximate surface area is 105 Å². The number of aromatic nitrogens is 2. The summed E-state index contributed by atoms with van der Waals surface area (Å²) in [5.41, 5.74) is 1.83. The zero-order chi connectivity index (χ0) is 12.3. The van der Waals surface area contributed by atoms with Crippen LogP contribution in [-0.2, 0) is 13.6 Å². The fourth-order valence-electron chi connectivity index (χ4n) is 2.69. The first-order valence-electron chi connectivity index (χ1n) is 6.76. The molecule has 1 atom stereocenters. The molecule has 1 aliphatic carbocycles. The monoisotopic (exact) mass is 235 g/mol. The molecule has 17 heavy (non-hydrogen) atoms. The molecule has 1 fully saturated rings. The Morgan fingerprint density at radius 3 is 2.94 bits per heavy atom. The topological polar surface area (TPSA) is 29.9 Å². The molecule has 3 heteroatoms. The molecule has 1 saturated carbocycles. The molecule has 0 aliphatic heterocycles. The van der Waals surface area contributed by atoms with Gasteiger partial charge in [-0.25, -0.2) is 0 Å². The van der Waals surface area contributed by atoms with Crippen molar-refractivity contribution in [2.75, 3.05) is 0 Å². The van der Waals surface area contributed by atoms with Gasteiger partial charge in [0.1, 0.15) is 0 Å². The predicted molar refractivity (Wildman–Crippen MR) is 70.7 cm³/mol. The highest BCUT2D eigenvalue weighted by atomic mass is 15.2. The maximum absolute atomic E-state index is 4.20. The third-order valence-corrected chi connectivity index (χ3v) is 3.93. The van der Waals surface area contributed by atoms with Gasteiger partial charge in [0, 0.05) is 31.4 Å². The smallest absolute Gasteiger partial charge is 0.0534 e. The zero-order valence-electron chi connectivity index (χ0n) is 11.4. The minimum atomic E-state index is 0.546. The van der Waals surface area contributed by atoms with Crippen molar-refractivity contribution in [3.8, 4) is 0 Å². The zero-order valence-corrected chi connectivity index (χ0v) is 11.4. The Balaban J connectivity index is 1.79. The van der Waals surface area contributed by atoms with Crippen LogP contribution in [0.15, 0.2) is 12.4 Å². The minimum Gasteiger partial charge on any atom is -0.310 e. The third-order valence-electron chi connectivity index (χ3n) is 3.93. The molecule has 96 valence electrons. The van der Waals surface area contributed by atoms with Gasteiger partial charge >= 0.3 is 0 Å². The summed E-state index contributed by atoms with van der Waals surface area (Å²) < 4.78 is 1.87. The Morgan fingerprint density at radius 1 is 1.41 bits per heavy atom. The van der Waals surface area contributed by atoms with Crippen LogP contribution in [0.4, 0.5) is 0 Å². The van der Waals surface area contributed by atoms with E-state index in [1.54, 1.807) is 0 Å². The molecule has 2 rings (SSSR count). The summed E-state index contributed by atoms with van der Waals surface area (Å²) in [5, 5.41) is 7.87. The average Bonchev–Trinajstić information content (AvgIpc) is 2.59. The maximum Gasteiger partial charge on any atom is 0.0534 e. The van der Waals surface area contributed by atoms with Crippen molar-refractivity contribution in [3.05, 3.63) is 18.0 Å². The fourth-order valence-corrected chi connectivity index (χ4v) is 2.69. The molecule has 1 unspecified atom stereocenters. The molecule has 1 heterocycles. The number of rotatable bonds is 3. The van der Waals surface area contributed by atoms with Crippen molar-refractivity contribution >= 4 is 0 Å². The van der Waals surface area contributed by atoms with Gasteiger partial charge in [-0.3, -0.25) is 4.68 Å². The van der Waals surface area contributed by atoms with E-state index in [1.807, 2.05) is 17.9 Å². The molecule has 0 aromatic carbocycles. The van der Waals surface area contributed by atoms with Crippen molar-refractivity contribution < 1.29 is 0 Å². The highest BCUT2D eigenvalue weighted by Crippen LogP contribution is 2.33. The van der Waals surface area contributed by atoms with Crippen LogP contribution in [0, 0.1) is 5.41 Å². The second kappa shape index (κ2) is 5.21. The lowest BCUT2D eigenvalue weighted by Gasteiger charge is -2.22. The summed E-state index contributed by atoms with van der Waals surface area (Å²) in [6.45, 7) is 5.76. The molecule has 0 bridgehead atoms. The van der Waals surface area contributed by atoms with Crippen molar-refractivity contribution in [2.45, 2.75) is 58.5 Å². The number of nitrogens with zero attached hydrogens (tertiary/aromatic N) is 2. The van der Waals surface area contributed by atoms with Crippen LogP contribution in [0.25, 0.3) is 0 Å². The van der Waals surface area contributed by atoms with Gasteiger partial charge in [0.2, 0.25) is 0 Å². The Kier molecular flexibility index (Phi) is 3.87. The first-order valence-corrected chi connectivity index (χ1v) is 6.76. The van der Waals surface area contributed by atoms with E-state index in [9.17, 15) is 0 Å². The summed E-state index contributed by atoms with van der Waals surface area (Å²) in [7, 11) is 1.97. The Bertz CT molecular complexity index is 354. The van der Waals surface area contributed by atoms with Gasteiger partial charge < -0.3 is 5.32 Å². The fraction of sp³-hybridized carbons (Fsp3) is 0.786. The van der Waals surface area contributed by atoms with E-state index >= 15 is 0 Å². The van der Waals surface area contributed by atoms with Crippen molar-refractivity contribution in [1.29, 1.82) is 0 Å². The first-order chi connectivity index (χ1) is 8.05. The normalized spacial score (nSPS) is 24.5. The van der Waals surface area contributed by atoms with E-state index in [1.165, 1.54) is 37.7 Å². The number of hydrogen-bond donors (Lipinski definition) is 1. The first kappa shape index (κ1) is 12.6. The van der Waals surface area contributed by atoms with Gasteiger partial charge in [-0.05, 0) is 31.1 Å². The van der Waals surface area contributed by atoms with Crippen LogP contribution in [0.3, 0.4) is 0 Å². The van der Waals surface area contributed by atoms with E-state index < -0.39 is 0 Å². The number of nitrogens with one attached hydrogen (secondary N) is 1.